The van der Waals surface area contributed by atoms with E-state index in [0.717, 1.165) is 16.3 Å². The standard InChI is InChI=1S/C26H33N3O6S/c1-5-18(3)27-25(31)22(6-2)28(17-19-11-13-20(35-4)14-12-19)24(30)15-16-29-26(32)21-9-7-8-10-23(21)36(29,33)34/h7-14,18,22H,5-6,15-17H2,1-4H3,(H,27,31)/t18-,22-/m1/s1. The number of methoxy groups -OCH3 is 1. The number of rotatable bonds is 11. The molecule has 0 fully saturated rings. The van der Waals surface area contributed by atoms with Gasteiger partial charge in [-0.15, -0.1) is 0 Å². The van der Waals surface area contributed by atoms with Crippen molar-refractivity contribution in [1.29, 1.82) is 0 Å². The summed E-state index contributed by atoms with van der Waals surface area (Å²) < 4.78 is 31.7. The molecule has 3 amide bonds. The molecule has 0 saturated carbocycles. The molecule has 10 heteroatoms. The maximum atomic E-state index is 13.5. The summed E-state index contributed by atoms with van der Waals surface area (Å²) in [6, 6.07) is 12.3. The molecule has 194 valence electrons. The van der Waals surface area contributed by atoms with Crippen molar-refractivity contribution in [2.45, 2.75) is 63.6 Å². The van der Waals surface area contributed by atoms with Crippen LogP contribution in [0.25, 0.3) is 0 Å². The molecule has 1 aliphatic heterocycles. The number of sulfonamides is 1. The average molecular weight is 516 g/mol. The summed E-state index contributed by atoms with van der Waals surface area (Å²) in [6.07, 6.45) is 0.864. The molecule has 2 aromatic carbocycles. The van der Waals surface area contributed by atoms with E-state index in [-0.39, 0.29) is 41.9 Å². The maximum Gasteiger partial charge on any atom is 0.269 e. The van der Waals surface area contributed by atoms with Gasteiger partial charge in [0.25, 0.3) is 15.9 Å². The second-order valence-electron chi connectivity index (χ2n) is 8.74. The molecule has 1 heterocycles. The zero-order chi connectivity index (χ0) is 26.5. The van der Waals surface area contributed by atoms with Crippen LogP contribution in [-0.4, -0.2) is 61.1 Å². The first-order valence-corrected chi connectivity index (χ1v) is 13.5. The Balaban J connectivity index is 1.83. The molecule has 2 aromatic rings. The van der Waals surface area contributed by atoms with Gasteiger partial charge in [0.1, 0.15) is 16.7 Å². The maximum absolute atomic E-state index is 13.5. The van der Waals surface area contributed by atoms with Gasteiger partial charge in [0.2, 0.25) is 11.8 Å². The highest BCUT2D eigenvalue weighted by atomic mass is 32.2. The number of hydrogen-bond acceptors (Lipinski definition) is 6. The number of fused-ring (bicyclic) bond motifs is 1. The van der Waals surface area contributed by atoms with E-state index in [1.165, 1.54) is 17.0 Å². The number of carbonyl (C=O) groups is 3. The van der Waals surface area contributed by atoms with Crippen molar-refractivity contribution in [3.05, 3.63) is 59.7 Å². The van der Waals surface area contributed by atoms with Gasteiger partial charge in [-0.1, -0.05) is 38.1 Å². The Morgan fingerprint density at radius 1 is 1.06 bits per heavy atom. The molecule has 1 N–H and O–H groups in total. The quantitative estimate of drug-likeness (QED) is 0.492. The largest absolute Gasteiger partial charge is 0.497 e. The van der Waals surface area contributed by atoms with Crippen LogP contribution in [-0.2, 0) is 26.2 Å². The minimum atomic E-state index is -4.03. The molecule has 36 heavy (non-hydrogen) atoms. The number of carbonyl (C=O) groups excluding carboxylic acids is 3. The number of nitrogens with zero attached hydrogens (tertiary/aromatic N) is 2. The Morgan fingerprint density at radius 3 is 2.31 bits per heavy atom. The first-order valence-electron chi connectivity index (χ1n) is 12.0. The van der Waals surface area contributed by atoms with Crippen molar-refractivity contribution >= 4 is 27.7 Å². The fourth-order valence-corrected chi connectivity index (χ4v) is 5.65. The molecule has 9 nitrogen and oxygen atoms in total. The lowest BCUT2D eigenvalue weighted by molar-refractivity contribution is -0.141. The predicted octanol–water partition coefficient (Wildman–Crippen LogP) is 2.95. The summed E-state index contributed by atoms with van der Waals surface area (Å²) in [5, 5.41) is 2.94. The summed E-state index contributed by atoms with van der Waals surface area (Å²) in [6.45, 7) is 5.51. The molecule has 2 atom stereocenters. The van der Waals surface area contributed by atoms with E-state index in [1.54, 1.807) is 31.4 Å². The van der Waals surface area contributed by atoms with Crippen LogP contribution in [0.15, 0.2) is 53.4 Å². The summed E-state index contributed by atoms with van der Waals surface area (Å²) in [5.74, 6) is -0.681. The van der Waals surface area contributed by atoms with Crippen LogP contribution in [0.2, 0.25) is 0 Å². The highest BCUT2D eigenvalue weighted by molar-refractivity contribution is 7.90. The van der Waals surface area contributed by atoms with Gasteiger partial charge in [-0.05, 0) is 49.6 Å². The van der Waals surface area contributed by atoms with Crippen LogP contribution in [0.5, 0.6) is 5.75 Å². The molecular formula is C26H33N3O6S. The molecule has 0 aliphatic carbocycles. The Labute approximate surface area is 212 Å². The van der Waals surface area contributed by atoms with E-state index in [0.29, 0.717) is 12.2 Å². The van der Waals surface area contributed by atoms with Crippen LogP contribution >= 0.6 is 0 Å². The molecule has 3 rings (SSSR count). The van der Waals surface area contributed by atoms with E-state index < -0.39 is 27.9 Å². The van der Waals surface area contributed by atoms with E-state index >= 15 is 0 Å². The van der Waals surface area contributed by atoms with Crippen molar-refractivity contribution in [3.63, 3.8) is 0 Å². The third-order valence-electron chi connectivity index (χ3n) is 6.34. The van der Waals surface area contributed by atoms with Crippen LogP contribution in [0.1, 0.15) is 56.0 Å². The van der Waals surface area contributed by atoms with E-state index in [2.05, 4.69) is 5.32 Å². The Hall–Kier alpha value is -3.40. The minimum Gasteiger partial charge on any atom is -0.497 e. The minimum absolute atomic E-state index is 0.0584. The van der Waals surface area contributed by atoms with Gasteiger partial charge >= 0.3 is 0 Å². The van der Waals surface area contributed by atoms with Gasteiger partial charge in [0.15, 0.2) is 0 Å². The fraction of sp³-hybridized carbons (Fsp3) is 0.423. The summed E-state index contributed by atoms with van der Waals surface area (Å²) in [7, 11) is -2.47. The van der Waals surface area contributed by atoms with Crippen molar-refractivity contribution in [2.75, 3.05) is 13.7 Å². The normalized spacial score (nSPS) is 15.7. The lowest BCUT2D eigenvalue weighted by Crippen LogP contribution is -2.51. The molecule has 0 radical (unpaired) electrons. The SMILES string of the molecule is CC[C@@H](C)NC(=O)[C@@H](CC)N(Cc1ccc(OC)cc1)C(=O)CCN1C(=O)c2ccccc2S1(=O)=O. The van der Waals surface area contributed by atoms with Crippen LogP contribution in [0.3, 0.4) is 0 Å². The highest BCUT2D eigenvalue weighted by Crippen LogP contribution is 2.30. The molecule has 0 unspecified atom stereocenters. The van der Waals surface area contributed by atoms with E-state index in [9.17, 15) is 22.8 Å². The Kier molecular flexibility index (Phi) is 8.73. The topological polar surface area (TPSA) is 113 Å². The third-order valence-corrected chi connectivity index (χ3v) is 8.18. The Morgan fingerprint density at radius 2 is 1.72 bits per heavy atom. The van der Waals surface area contributed by atoms with Crippen LogP contribution < -0.4 is 10.1 Å². The second kappa shape index (κ2) is 11.6. The van der Waals surface area contributed by atoms with Crippen molar-refractivity contribution < 1.29 is 27.5 Å². The predicted molar refractivity (Wildman–Crippen MR) is 135 cm³/mol. The smallest absolute Gasteiger partial charge is 0.269 e. The first-order chi connectivity index (χ1) is 17.1. The van der Waals surface area contributed by atoms with Crippen molar-refractivity contribution in [2.24, 2.45) is 0 Å². The summed E-state index contributed by atoms with van der Waals surface area (Å²) in [5.41, 5.74) is 0.885. The molecular weight excluding hydrogens is 482 g/mol. The zero-order valence-corrected chi connectivity index (χ0v) is 21.9. The van der Waals surface area contributed by atoms with Gasteiger partial charge in [-0.25, -0.2) is 12.7 Å². The number of benzene rings is 2. The van der Waals surface area contributed by atoms with Gasteiger partial charge in [0, 0.05) is 25.6 Å². The number of hydrogen-bond donors (Lipinski definition) is 1. The molecule has 0 aromatic heterocycles. The fourth-order valence-electron chi connectivity index (χ4n) is 4.08. The monoisotopic (exact) mass is 515 g/mol. The van der Waals surface area contributed by atoms with Crippen LogP contribution in [0.4, 0.5) is 0 Å². The highest BCUT2D eigenvalue weighted by Gasteiger charge is 2.41. The van der Waals surface area contributed by atoms with E-state index in [4.69, 9.17) is 4.74 Å². The summed E-state index contributed by atoms with van der Waals surface area (Å²) in [4.78, 5) is 40.7. The molecule has 0 spiro atoms. The lowest BCUT2D eigenvalue weighted by atomic mass is 10.1. The third kappa shape index (κ3) is 5.70. The first kappa shape index (κ1) is 27.2. The number of nitrogens with one attached hydrogen (secondary N) is 1. The average Bonchev–Trinajstić information content (AvgIpc) is 3.07. The van der Waals surface area contributed by atoms with Gasteiger partial charge in [-0.3, -0.25) is 14.4 Å². The van der Waals surface area contributed by atoms with E-state index in [1.807, 2.05) is 32.9 Å². The molecule has 0 bridgehead atoms. The molecule has 0 saturated heterocycles. The number of amides is 3. The number of ether oxygens (including phenoxy) is 1. The van der Waals surface area contributed by atoms with Crippen LogP contribution in [0, 0.1) is 0 Å². The van der Waals surface area contributed by atoms with Gasteiger partial charge in [-0.2, -0.15) is 0 Å². The summed E-state index contributed by atoms with van der Waals surface area (Å²) >= 11 is 0. The van der Waals surface area contributed by atoms with Gasteiger partial charge in [0.05, 0.1) is 12.7 Å². The van der Waals surface area contributed by atoms with Crippen molar-refractivity contribution in [1.82, 2.24) is 14.5 Å². The lowest BCUT2D eigenvalue weighted by Gasteiger charge is -2.32. The Bertz CT molecular complexity index is 1210. The van der Waals surface area contributed by atoms with Gasteiger partial charge < -0.3 is 15.0 Å². The second-order valence-corrected chi connectivity index (χ2v) is 10.6. The molecule has 1 aliphatic rings. The van der Waals surface area contributed by atoms with Crippen molar-refractivity contribution in [3.8, 4) is 5.75 Å². The zero-order valence-electron chi connectivity index (χ0n) is 21.1.